The number of halogens is 1. The summed E-state index contributed by atoms with van der Waals surface area (Å²) in [6.07, 6.45) is 1.62. The molecule has 0 spiro atoms. The summed E-state index contributed by atoms with van der Waals surface area (Å²) in [4.78, 5) is 26.3. The summed E-state index contributed by atoms with van der Waals surface area (Å²) in [5.41, 5.74) is 1.93. The third-order valence-electron chi connectivity index (χ3n) is 6.76. The SMILES string of the molecule is COC(=O)N1CCNc2ccc(S(=O)(=O)N[C@H]3CC[C@H](C(=O)N[C@H](C)c4ccc(F)cc4)CC3)cc21. The molecule has 11 heteroatoms. The van der Waals surface area contributed by atoms with E-state index in [-0.39, 0.29) is 34.6 Å². The summed E-state index contributed by atoms with van der Waals surface area (Å²) >= 11 is 0. The fraction of sp³-hybridized carbons (Fsp3) is 0.440. The number of fused-ring (bicyclic) bond motifs is 1. The number of nitrogens with one attached hydrogen (secondary N) is 3. The van der Waals surface area contributed by atoms with Crippen LogP contribution in [0.1, 0.15) is 44.2 Å². The Morgan fingerprint density at radius 2 is 1.81 bits per heavy atom. The van der Waals surface area contributed by atoms with Gasteiger partial charge < -0.3 is 15.4 Å². The molecule has 1 atom stereocenters. The van der Waals surface area contributed by atoms with Gasteiger partial charge in [0.15, 0.2) is 0 Å². The van der Waals surface area contributed by atoms with Crippen molar-refractivity contribution < 1.29 is 27.1 Å². The first-order valence-corrected chi connectivity index (χ1v) is 13.5. The third-order valence-corrected chi connectivity index (χ3v) is 8.28. The Hall–Kier alpha value is -3.18. The molecule has 2 aliphatic rings. The number of anilines is 2. The van der Waals surface area contributed by atoms with Gasteiger partial charge in [0.2, 0.25) is 15.9 Å². The maximum atomic E-state index is 13.1. The van der Waals surface area contributed by atoms with Gasteiger partial charge in [0.25, 0.3) is 0 Å². The molecule has 9 nitrogen and oxygen atoms in total. The predicted octanol–water partition coefficient (Wildman–Crippen LogP) is 3.54. The standard InChI is InChI=1S/C25H31FN4O5S/c1-16(17-3-7-19(26)8-4-17)28-24(31)18-5-9-20(10-6-18)29-36(33,34)21-11-12-22-23(15-21)30(14-13-27-22)25(32)35-2/h3-4,7-8,11-12,15-16,18,20,27,29H,5-6,9-10,13-14H2,1-2H3,(H,28,31)/t16-,18-,20-/m1/s1. The number of amides is 2. The molecule has 0 aromatic heterocycles. The smallest absolute Gasteiger partial charge is 0.414 e. The largest absolute Gasteiger partial charge is 0.452 e. The number of ether oxygens (including phenoxy) is 1. The highest BCUT2D eigenvalue weighted by Crippen LogP contribution is 2.33. The number of sulfonamides is 1. The topological polar surface area (TPSA) is 117 Å². The van der Waals surface area contributed by atoms with E-state index >= 15 is 0 Å². The van der Waals surface area contributed by atoms with Crippen LogP contribution >= 0.6 is 0 Å². The molecule has 4 rings (SSSR count). The molecular formula is C25H31FN4O5S. The van der Waals surface area contributed by atoms with E-state index in [4.69, 9.17) is 4.74 Å². The monoisotopic (exact) mass is 518 g/mol. The van der Waals surface area contributed by atoms with E-state index in [1.54, 1.807) is 18.2 Å². The number of nitrogens with zero attached hydrogens (tertiary/aromatic N) is 1. The number of hydrogen-bond acceptors (Lipinski definition) is 6. The molecule has 194 valence electrons. The van der Waals surface area contributed by atoms with Gasteiger partial charge in [0, 0.05) is 25.0 Å². The van der Waals surface area contributed by atoms with Crippen LogP contribution in [0.15, 0.2) is 47.4 Å². The Morgan fingerprint density at radius 1 is 1.11 bits per heavy atom. The maximum absolute atomic E-state index is 13.1. The first-order chi connectivity index (χ1) is 17.2. The Bertz CT molecular complexity index is 1210. The van der Waals surface area contributed by atoms with Crippen LogP contribution < -0.4 is 20.3 Å². The Labute approximate surface area is 210 Å². The van der Waals surface area contributed by atoms with Gasteiger partial charge in [-0.1, -0.05) is 12.1 Å². The molecule has 2 aromatic rings. The molecule has 0 radical (unpaired) electrons. The van der Waals surface area contributed by atoms with Crippen LogP contribution in [-0.4, -0.2) is 46.7 Å². The average Bonchev–Trinajstić information content (AvgIpc) is 2.88. The van der Waals surface area contributed by atoms with Crippen molar-refractivity contribution in [3.8, 4) is 0 Å². The zero-order chi connectivity index (χ0) is 25.9. The molecule has 36 heavy (non-hydrogen) atoms. The number of methoxy groups -OCH3 is 1. The van der Waals surface area contributed by atoms with Crippen molar-refractivity contribution in [2.75, 3.05) is 30.4 Å². The molecule has 0 saturated heterocycles. The summed E-state index contributed by atoms with van der Waals surface area (Å²) in [5, 5.41) is 6.13. The molecular weight excluding hydrogens is 487 g/mol. The molecule has 3 N–H and O–H groups in total. The number of benzene rings is 2. The lowest BCUT2D eigenvalue weighted by Gasteiger charge is -2.30. The van der Waals surface area contributed by atoms with Crippen LogP contribution in [0.5, 0.6) is 0 Å². The van der Waals surface area contributed by atoms with Crippen molar-refractivity contribution >= 4 is 33.4 Å². The quantitative estimate of drug-likeness (QED) is 0.539. The molecule has 0 bridgehead atoms. The maximum Gasteiger partial charge on any atom is 0.414 e. The van der Waals surface area contributed by atoms with Crippen LogP contribution in [0.2, 0.25) is 0 Å². The molecule has 2 amide bonds. The number of rotatable bonds is 6. The van der Waals surface area contributed by atoms with Crippen molar-refractivity contribution in [1.29, 1.82) is 0 Å². The fourth-order valence-corrected chi connectivity index (χ4v) is 6.03. The van der Waals surface area contributed by atoms with Gasteiger partial charge in [-0.05, 0) is 68.5 Å². The molecule has 1 heterocycles. The first-order valence-electron chi connectivity index (χ1n) is 12.0. The lowest BCUT2D eigenvalue weighted by atomic mass is 9.85. The fourth-order valence-electron chi connectivity index (χ4n) is 4.70. The van der Waals surface area contributed by atoms with Crippen molar-refractivity contribution in [3.05, 3.63) is 53.8 Å². The minimum atomic E-state index is -3.83. The zero-order valence-corrected chi connectivity index (χ0v) is 21.1. The van der Waals surface area contributed by atoms with E-state index < -0.39 is 16.1 Å². The minimum absolute atomic E-state index is 0.0619. The first kappa shape index (κ1) is 25.9. The van der Waals surface area contributed by atoms with Gasteiger partial charge in [-0.25, -0.2) is 22.3 Å². The number of hydrogen-bond donors (Lipinski definition) is 3. The van der Waals surface area contributed by atoms with Crippen LogP contribution in [0.3, 0.4) is 0 Å². The average molecular weight is 519 g/mol. The molecule has 1 aliphatic carbocycles. The Kier molecular flexibility index (Phi) is 7.79. The Morgan fingerprint density at radius 3 is 2.47 bits per heavy atom. The van der Waals surface area contributed by atoms with Gasteiger partial charge in [-0.3, -0.25) is 9.69 Å². The summed E-state index contributed by atoms with van der Waals surface area (Å²) in [6.45, 7) is 2.74. The summed E-state index contributed by atoms with van der Waals surface area (Å²) in [7, 11) is -2.55. The van der Waals surface area contributed by atoms with E-state index in [1.165, 1.54) is 36.3 Å². The van der Waals surface area contributed by atoms with Crippen molar-refractivity contribution in [1.82, 2.24) is 10.0 Å². The Balaban J connectivity index is 1.35. The molecule has 1 aliphatic heterocycles. The molecule has 1 fully saturated rings. The summed E-state index contributed by atoms with van der Waals surface area (Å²) in [6, 6.07) is 10.1. The molecule has 0 unspecified atom stereocenters. The van der Waals surface area contributed by atoms with Crippen molar-refractivity contribution in [2.45, 2.75) is 49.6 Å². The van der Waals surface area contributed by atoms with Gasteiger partial charge in [-0.15, -0.1) is 0 Å². The highest BCUT2D eigenvalue weighted by molar-refractivity contribution is 7.89. The second-order valence-corrected chi connectivity index (χ2v) is 10.9. The van der Waals surface area contributed by atoms with E-state index in [0.29, 0.717) is 50.1 Å². The van der Waals surface area contributed by atoms with Gasteiger partial charge >= 0.3 is 6.09 Å². The van der Waals surface area contributed by atoms with Crippen LogP contribution in [-0.2, 0) is 19.6 Å². The van der Waals surface area contributed by atoms with E-state index in [9.17, 15) is 22.4 Å². The van der Waals surface area contributed by atoms with Crippen LogP contribution in [0.4, 0.5) is 20.6 Å². The third kappa shape index (κ3) is 5.79. The molecule has 2 aromatic carbocycles. The number of carbonyl (C=O) groups excluding carboxylic acids is 2. The van der Waals surface area contributed by atoms with Crippen LogP contribution in [0, 0.1) is 11.7 Å². The van der Waals surface area contributed by atoms with Gasteiger partial charge in [0.05, 0.1) is 29.4 Å². The highest BCUT2D eigenvalue weighted by Gasteiger charge is 2.31. The minimum Gasteiger partial charge on any atom is -0.452 e. The second-order valence-electron chi connectivity index (χ2n) is 9.18. The normalized spacial score (nSPS) is 20.6. The van der Waals surface area contributed by atoms with E-state index in [0.717, 1.165) is 5.56 Å². The van der Waals surface area contributed by atoms with E-state index in [2.05, 4.69) is 15.4 Å². The highest BCUT2D eigenvalue weighted by atomic mass is 32.2. The zero-order valence-electron chi connectivity index (χ0n) is 20.3. The van der Waals surface area contributed by atoms with Crippen LogP contribution in [0.25, 0.3) is 0 Å². The summed E-state index contributed by atoms with van der Waals surface area (Å²) in [5.74, 6) is -0.624. The lowest BCUT2D eigenvalue weighted by Crippen LogP contribution is -2.41. The summed E-state index contributed by atoms with van der Waals surface area (Å²) < 4.78 is 46.9. The van der Waals surface area contributed by atoms with Gasteiger partial charge in [0.1, 0.15) is 5.82 Å². The van der Waals surface area contributed by atoms with E-state index in [1.807, 2.05) is 6.92 Å². The van der Waals surface area contributed by atoms with Gasteiger partial charge in [-0.2, -0.15) is 0 Å². The molecule has 1 saturated carbocycles. The number of carbonyl (C=O) groups is 2. The van der Waals surface area contributed by atoms with Crippen molar-refractivity contribution in [2.24, 2.45) is 5.92 Å². The predicted molar refractivity (Wildman–Crippen MR) is 134 cm³/mol. The van der Waals surface area contributed by atoms with Crippen molar-refractivity contribution in [3.63, 3.8) is 0 Å². The second kappa shape index (κ2) is 10.8. The lowest BCUT2D eigenvalue weighted by molar-refractivity contribution is -0.126.